The van der Waals surface area contributed by atoms with Gasteiger partial charge in [-0.25, -0.2) is 9.97 Å². The molecule has 0 spiro atoms. The molecule has 0 saturated carbocycles. The zero-order valence-electron chi connectivity index (χ0n) is 14.8. The van der Waals surface area contributed by atoms with Gasteiger partial charge in [0.1, 0.15) is 5.69 Å². The third-order valence-corrected chi connectivity index (χ3v) is 4.36. The summed E-state index contributed by atoms with van der Waals surface area (Å²) in [6.45, 7) is 3.75. The van der Waals surface area contributed by atoms with Crippen molar-refractivity contribution in [3.63, 3.8) is 0 Å². The van der Waals surface area contributed by atoms with Gasteiger partial charge in [0.25, 0.3) is 5.91 Å². The highest BCUT2D eigenvalue weighted by atomic mass is 35.5. The third kappa shape index (κ3) is 4.00. The Hall–Kier alpha value is -2.92. The molecule has 0 saturated heterocycles. The molecule has 0 aliphatic carbocycles. The van der Waals surface area contributed by atoms with Crippen LogP contribution in [0.15, 0.2) is 54.6 Å². The summed E-state index contributed by atoms with van der Waals surface area (Å²) >= 11 is 6.12. The van der Waals surface area contributed by atoms with Gasteiger partial charge in [0.15, 0.2) is 0 Å². The average Bonchev–Trinajstić information content (AvgIpc) is 2.64. The third-order valence-electron chi connectivity index (χ3n) is 3.95. The van der Waals surface area contributed by atoms with E-state index in [0.29, 0.717) is 28.0 Å². The van der Waals surface area contributed by atoms with Gasteiger partial charge in [0.05, 0.1) is 0 Å². The monoisotopic (exact) mass is 366 g/mol. The van der Waals surface area contributed by atoms with Crippen LogP contribution in [-0.2, 0) is 0 Å². The predicted molar refractivity (Wildman–Crippen MR) is 105 cm³/mol. The molecular formula is C20H19ClN4O. The van der Waals surface area contributed by atoms with E-state index in [4.69, 9.17) is 11.6 Å². The van der Waals surface area contributed by atoms with Gasteiger partial charge in [-0.1, -0.05) is 35.9 Å². The van der Waals surface area contributed by atoms with Gasteiger partial charge >= 0.3 is 0 Å². The Kier molecular flexibility index (Phi) is 5.19. The van der Waals surface area contributed by atoms with Crippen LogP contribution in [0.3, 0.4) is 0 Å². The maximum Gasteiger partial charge on any atom is 0.274 e. The highest BCUT2D eigenvalue weighted by Crippen LogP contribution is 2.22. The van der Waals surface area contributed by atoms with Crippen LogP contribution in [-0.4, -0.2) is 22.9 Å². The summed E-state index contributed by atoms with van der Waals surface area (Å²) in [5, 5.41) is 3.43. The van der Waals surface area contributed by atoms with Gasteiger partial charge in [-0.2, -0.15) is 0 Å². The second-order valence-electron chi connectivity index (χ2n) is 6.01. The van der Waals surface area contributed by atoms with Crippen molar-refractivity contribution in [2.45, 2.75) is 13.8 Å². The minimum Gasteiger partial charge on any atom is -0.321 e. The number of benzene rings is 2. The first-order valence-electron chi connectivity index (χ1n) is 8.16. The molecule has 0 radical (unpaired) electrons. The number of rotatable bonds is 4. The van der Waals surface area contributed by atoms with Crippen LogP contribution in [0, 0.1) is 13.8 Å². The summed E-state index contributed by atoms with van der Waals surface area (Å²) in [6.07, 6.45) is 0. The minimum atomic E-state index is -0.307. The highest BCUT2D eigenvalue weighted by Gasteiger charge is 2.14. The summed E-state index contributed by atoms with van der Waals surface area (Å²) in [5.74, 6) is 0.154. The van der Waals surface area contributed by atoms with Crippen molar-refractivity contribution in [3.8, 4) is 0 Å². The summed E-state index contributed by atoms with van der Waals surface area (Å²) in [4.78, 5) is 23.3. The zero-order valence-corrected chi connectivity index (χ0v) is 15.6. The molecule has 3 rings (SSSR count). The lowest BCUT2D eigenvalue weighted by molar-refractivity contribution is 0.102. The van der Waals surface area contributed by atoms with E-state index in [9.17, 15) is 4.79 Å². The number of nitrogens with zero attached hydrogens (tertiary/aromatic N) is 3. The van der Waals surface area contributed by atoms with E-state index in [1.807, 2.05) is 68.3 Å². The molecule has 3 aromatic rings. The Morgan fingerprint density at radius 3 is 2.46 bits per heavy atom. The quantitative estimate of drug-likeness (QED) is 0.722. The highest BCUT2D eigenvalue weighted by molar-refractivity contribution is 6.31. The number of para-hydroxylation sites is 1. The first-order valence-corrected chi connectivity index (χ1v) is 8.54. The zero-order chi connectivity index (χ0) is 18.7. The lowest BCUT2D eigenvalue weighted by Crippen LogP contribution is -2.19. The number of carbonyl (C=O) groups is 1. The van der Waals surface area contributed by atoms with Gasteiger partial charge < -0.3 is 10.2 Å². The van der Waals surface area contributed by atoms with Crippen molar-refractivity contribution in [1.29, 1.82) is 0 Å². The summed E-state index contributed by atoms with van der Waals surface area (Å²) in [7, 11) is 1.87. The van der Waals surface area contributed by atoms with Crippen molar-refractivity contribution in [1.82, 2.24) is 9.97 Å². The Labute approximate surface area is 157 Å². The van der Waals surface area contributed by atoms with Crippen molar-refractivity contribution >= 4 is 34.8 Å². The van der Waals surface area contributed by atoms with Crippen LogP contribution >= 0.6 is 11.6 Å². The van der Waals surface area contributed by atoms with E-state index in [1.165, 1.54) is 0 Å². The molecule has 0 aliphatic heterocycles. The molecule has 1 N–H and O–H groups in total. The van der Waals surface area contributed by atoms with Crippen molar-refractivity contribution in [2.24, 2.45) is 0 Å². The minimum absolute atomic E-state index is 0.298. The smallest absolute Gasteiger partial charge is 0.274 e. The number of hydrogen-bond acceptors (Lipinski definition) is 4. The largest absolute Gasteiger partial charge is 0.321 e. The van der Waals surface area contributed by atoms with Crippen LogP contribution < -0.4 is 10.2 Å². The number of nitrogens with one attached hydrogen (secondary N) is 1. The van der Waals surface area contributed by atoms with Gasteiger partial charge in [-0.3, -0.25) is 4.79 Å². The molecule has 0 atom stereocenters. The summed E-state index contributed by atoms with van der Waals surface area (Å²) in [5.41, 5.74) is 3.53. The molecule has 0 aliphatic rings. The lowest BCUT2D eigenvalue weighted by Gasteiger charge is -2.18. The summed E-state index contributed by atoms with van der Waals surface area (Å²) < 4.78 is 0. The first-order chi connectivity index (χ1) is 12.4. The molecule has 0 unspecified atom stereocenters. The van der Waals surface area contributed by atoms with E-state index in [-0.39, 0.29) is 5.91 Å². The molecule has 1 amide bonds. The Balaban J connectivity index is 1.87. The van der Waals surface area contributed by atoms with E-state index in [1.54, 1.807) is 12.1 Å². The molecule has 5 nitrogen and oxygen atoms in total. The van der Waals surface area contributed by atoms with Crippen LogP contribution in [0.4, 0.5) is 17.3 Å². The Morgan fingerprint density at radius 1 is 1.04 bits per heavy atom. The molecule has 2 aromatic carbocycles. The van der Waals surface area contributed by atoms with Gasteiger partial charge in [-0.05, 0) is 49.7 Å². The number of amides is 1. The lowest BCUT2D eigenvalue weighted by atomic mass is 10.2. The Morgan fingerprint density at radius 2 is 1.77 bits per heavy atom. The molecule has 0 fully saturated rings. The number of hydrogen-bond donors (Lipinski definition) is 1. The van der Waals surface area contributed by atoms with Gasteiger partial charge in [-0.15, -0.1) is 0 Å². The van der Waals surface area contributed by atoms with Gasteiger partial charge in [0.2, 0.25) is 5.95 Å². The SMILES string of the molecule is Cc1cc(C(=O)Nc2ccc(C)c(Cl)c2)nc(N(C)c2ccccc2)n1. The van der Waals surface area contributed by atoms with Crippen LogP contribution in [0.1, 0.15) is 21.7 Å². The Bertz CT molecular complexity index is 944. The molecule has 1 aromatic heterocycles. The second kappa shape index (κ2) is 7.54. The molecule has 132 valence electrons. The standard InChI is InChI=1S/C20H19ClN4O/c1-13-9-10-15(12-17(13)21)23-19(26)18-11-14(2)22-20(24-18)25(3)16-7-5-4-6-8-16/h4-12H,1-3H3,(H,23,26). The molecular weight excluding hydrogens is 348 g/mol. The van der Waals surface area contributed by atoms with E-state index in [2.05, 4.69) is 15.3 Å². The van der Waals surface area contributed by atoms with Crippen LogP contribution in [0.5, 0.6) is 0 Å². The topological polar surface area (TPSA) is 58.1 Å². The number of anilines is 3. The number of aryl methyl sites for hydroxylation is 2. The maximum absolute atomic E-state index is 12.6. The molecule has 6 heteroatoms. The van der Waals surface area contributed by atoms with Crippen molar-refractivity contribution in [3.05, 3.63) is 76.6 Å². The first kappa shape index (κ1) is 17.9. The fourth-order valence-electron chi connectivity index (χ4n) is 2.45. The maximum atomic E-state index is 12.6. The van der Waals surface area contributed by atoms with E-state index < -0.39 is 0 Å². The predicted octanol–water partition coefficient (Wildman–Crippen LogP) is 4.77. The summed E-state index contributed by atoms with van der Waals surface area (Å²) in [6, 6.07) is 16.8. The molecule has 26 heavy (non-hydrogen) atoms. The number of halogens is 1. The number of aromatic nitrogens is 2. The fraction of sp³-hybridized carbons (Fsp3) is 0.150. The normalized spacial score (nSPS) is 10.5. The van der Waals surface area contributed by atoms with Crippen molar-refractivity contribution < 1.29 is 4.79 Å². The second-order valence-corrected chi connectivity index (χ2v) is 6.41. The van der Waals surface area contributed by atoms with E-state index in [0.717, 1.165) is 11.3 Å². The van der Waals surface area contributed by atoms with Crippen molar-refractivity contribution in [2.75, 3.05) is 17.3 Å². The average molecular weight is 367 g/mol. The molecule has 0 bridgehead atoms. The van der Waals surface area contributed by atoms with E-state index >= 15 is 0 Å². The fourth-order valence-corrected chi connectivity index (χ4v) is 2.63. The molecule has 1 heterocycles. The van der Waals surface area contributed by atoms with Crippen LogP contribution in [0.2, 0.25) is 5.02 Å². The van der Waals surface area contributed by atoms with Crippen LogP contribution in [0.25, 0.3) is 0 Å². The van der Waals surface area contributed by atoms with Gasteiger partial charge in [0, 0.05) is 29.1 Å². The number of carbonyl (C=O) groups excluding carboxylic acids is 1.